The van der Waals surface area contributed by atoms with Gasteiger partial charge in [0.25, 0.3) is 0 Å². The van der Waals surface area contributed by atoms with Crippen LogP contribution in [0.5, 0.6) is 0 Å². The highest BCUT2D eigenvalue weighted by Crippen LogP contribution is 2.21. The minimum atomic E-state index is -0.145. The van der Waals surface area contributed by atoms with E-state index in [0.717, 1.165) is 25.8 Å². The molecule has 98 valence electrons. The molecular formula is C13H24N2O2. The van der Waals surface area contributed by atoms with Crippen molar-refractivity contribution in [3.63, 3.8) is 0 Å². The van der Waals surface area contributed by atoms with E-state index in [4.69, 9.17) is 0 Å². The average Bonchev–Trinajstić information content (AvgIpc) is 2.70. The van der Waals surface area contributed by atoms with Crippen molar-refractivity contribution in [2.24, 2.45) is 5.92 Å². The summed E-state index contributed by atoms with van der Waals surface area (Å²) in [6, 6.07) is 0.246. The van der Waals surface area contributed by atoms with E-state index in [0.29, 0.717) is 13.0 Å². The molecule has 0 bridgehead atoms. The van der Waals surface area contributed by atoms with E-state index in [1.165, 1.54) is 0 Å². The molecule has 0 aromatic rings. The van der Waals surface area contributed by atoms with Crippen molar-refractivity contribution in [2.45, 2.75) is 52.5 Å². The standard InChI is InChI=1S/C13H24N2O2/c1-4-6-7-14-13(17)11-8-12(16)15(9-11)10(3)5-2/h10-11H,4-9H2,1-3H3,(H,14,17). The van der Waals surface area contributed by atoms with Crippen LogP contribution in [-0.4, -0.2) is 35.8 Å². The lowest BCUT2D eigenvalue weighted by molar-refractivity contribution is -0.130. The molecule has 0 radical (unpaired) electrons. The van der Waals surface area contributed by atoms with Gasteiger partial charge in [0.2, 0.25) is 11.8 Å². The van der Waals surface area contributed by atoms with Gasteiger partial charge in [-0.05, 0) is 19.8 Å². The second kappa shape index (κ2) is 6.62. The van der Waals surface area contributed by atoms with Crippen molar-refractivity contribution in [3.05, 3.63) is 0 Å². The van der Waals surface area contributed by atoms with Gasteiger partial charge in [-0.25, -0.2) is 0 Å². The summed E-state index contributed by atoms with van der Waals surface area (Å²) in [6.07, 6.45) is 3.39. The number of likely N-dealkylation sites (tertiary alicyclic amines) is 1. The molecule has 1 rings (SSSR count). The largest absolute Gasteiger partial charge is 0.356 e. The maximum absolute atomic E-state index is 11.8. The monoisotopic (exact) mass is 240 g/mol. The predicted molar refractivity (Wildman–Crippen MR) is 67.5 cm³/mol. The first-order valence-electron chi connectivity index (χ1n) is 6.67. The van der Waals surface area contributed by atoms with Crippen LogP contribution in [0.15, 0.2) is 0 Å². The topological polar surface area (TPSA) is 49.4 Å². The minimum Gasteiger partial charge on any atom is -0.356 e. The average molecular weight is 240 g/mol. The van der Waals surface area contributed by atoms with E-state index in [1.807, 2.05) is 11.8 Å². The lowest BCUT2D eigenvalue weighted by Gasteiger charge is -2.23. The molecule has 0 spiro atoms. The third-order valence-corrected chi connectivity index (χ3v) is 3.48. The molecule has 0 saturated carbocycles. The normalized spacial score (nSPS) is 21.7. The van der Waals surface area contributed by atoms with Crippen LogP contribution in [0.2, 0.25) is 0 Å². The Bertz CT molecular complexity index is 279. The Hall–Kier alpha value is -1.06. The molecule has 4 heteroatoms. The second-order valence-electron chi connectivity index (χ2n) is 4.85. The van der Waals surface area contributed by atoms with E-state index < -0.39 is 0 Å². The van der Waals surface area contributed by atoms with Gasteiger partial charge in [-0.3, -0.25) is 9.59 Å². The summed E-state index contributed by atoms with van der Waals surface area (Å²) < 4.78 is 0. The fraction of sp³-hybridized carbons (Fsp3) is 0.846. The van der Waals surface area contributed by atoms with Crippen molar-refractivity contribution in [1.29, 1.82) is 0 Å². The second-order valence-corrected chi connectivity index (χ2v) is 4.85. The first-order chi connectivity index (χ1) is 8.10. The van der Waals surface area contributed by atoms with Crippen LogP contribution in [0.1, 0.15) is 46.5 Å². The van der Waals surface area contributed by atoms with Gasteiger partial charge in [-0.2, -0.15) is 0 Å². The summed E-state index contributed by atoms with van der Waals surface area (Å²) in [6.45, 7) is 7.51. The zero-order valence-electron chi connectivity index (χ0n) is 11.2. The summed E-state index contributed by atoms with van der Waals surface area (Å²) in [7, 11) is 0. The number of carbonyl (C=O) groups is 2. The van der Waals surface area contributed by atoms with Gasteiger partial charge >= 0.3 is 0 Å². The van der Waals surface area contributed by atoms with Gasteiger partial charge in [0.05, 0.1) is 5.92 Å². The third-order valence-electron chi connectivity index (χ3n) is 3.48. The predicted octanol–water partition coefficient (Wildman–Crippen LogP) is 1.55. The van der Waals surface area contributed by atoms with Crippen molar-refractivity contribution in [1.82, 2.24) is 10.2 Å². The fourth-order valence-corrected chi connectivity index (χ4v) is 2.09. The molecule has 0 aliphatic carbocycles. The lowest BCUT2D eigenvalue weighted by Crippen LogP contribution is -2.36. The maximum atomic E-state index is 11.8. The fourth-order valence-electron chi connectivity index (χ4n) is 2.09. The molecule has 1 aliphatic rings. The number of unbranched alkanes of at least 4 members (excludes halogenated alkanes) is 1. The van der Waals surface area contributed by atoms with Gasteiger partial charge < -0.3 is 10.2 Å². The quantitative estimate of drug-likeness (QED) is 0.716. The van der Waals surface area contributed by atoms with Crippen molar-refractivity contribution >= 4 is 11.8 Å². The molecule has 1 saturated heterocycles. The summed E-state index contributed by atoms with van der Waals surface area (Å²) in [5, 5.41) is 2.91. The Balaban J connectivity index is 2.42. The Labute approximate surface area is 104 Å². The Morgan fingerprint density at radius 3 is 2.82 bits per heavy atom. The van der Waals surface area contributed by atoms with Crippen LogP contribution < -0.4 is 5.32 Å². The molecule has 0 aromatic carbocycles. The summed E-state index contributed by atoms with van der Waals surface area (Å²) in [4.78, 5) is 25.4. The summed E-state index contributed by atoms with van der Waals surface area (Å²) in [5.74, 6) is 0.0148. The molecule has 1 heterocycles. The number of carbonyl (C=O) groups excluding carboxylic acids is 2. The zero-order chi connectivity index (χ0) is 12.8. The van der Waals surface area contributed by atoms with E-state index in [-0.39, 0.29) is 23.8 Å². The van der Waals surface area contributed by atoms with Crippen LogP contribution in [0, 0.1) is 5.92 Å². The maximum Gasteiger partial charge on any atom is 0.225 e. The van der Waals surface area contributed by atoms with Crippen molar-refractivity contribution in [3.8, 4) is 0 Å². The van der Waals surface area contributed by atoms with E-state index >= 15 is 0 Å². The van der Waals surface area contributed by atoms with Crippen LogP contribution in [-0.2, 0) is 9.59 Å². The van der Waals surface area contributed by atoms with Gasteiger partial charge in [-0.1, -0.05) is 20.3 Å². The van der Waals surface area contributed by atoms with Gasteiger partial charge in [0, 0.05) is 25.6 Å². The first-order valence-corrected chi connectivity index (χ1v) is 6.67. The van der Waals surface area contributed by atoms with Crippen molar-refractivity contribution < 1.29 is 9.59 Å². The smallest absolute Gasteiger partial charge is 0.225 e. The van der Waals surface area contributed by atoms with Gasteiger partial charge in [0.1, 0.15) is 0 Å². The SMILES string of the molecule is CCCCNC(=O)C1CC(=O)N(C(C)CC)C1. The van der Waals surface area contributed by atoms with Gasteiger partial charge in [-0.15, -0.1) is 0 Å². The number of hydrogen-bond donors (Lipinski definition) is 1. The first kappa shape index (κ1) is 14.0. The highest BCUT2D eigenvalue weighted by atomic mass is 16.2. The number of hydrogen-bond acceptors (Lipinski definition) is 2. The molecule has 1 N–H and O–H groups in total. The van der Waals surface area contributed by atoms with Gasteiger partial charge in [0.15, 0.2) is 0 Å². The molecule has 4 nitrogen and oxygen atoms in total. The summed E-state index contributed by atoms with van der Waals surface area (Å²) in [5.41, 5.74) is 0. The minimum absolute atomic E-state index is 0.0394. The molecule has 2 unspecified atom stereocenters. The van der Waals surface area contributed by atoms with Crippen LogP contribution in [0.3, 0.4) is 0 Å². The molecule has 2 atom stereocenters. The number of amides is 2. The van der Waals surface area contributed by atoms with Crippen LogP contribution in [0.4, 0.5) is 0 Å². The molecule has 17 heavy (non-hydrogen) atoms. The zero-order valence-corrected chi connectivity index (χ0v) is 11.2. The van der Waals surface area contributed by atoms with E-state index in [1.54, 1.807) is 0 Å². The number of nitrogens with one attached hydrogen (secondary N) is 1. The lowest BCUT2D eigenvalue weighted by atomic mass is 10.1. The molecule has 0 aromatic heterocycles. The van der Waals surface area contributed by atoms with Crippen LogP contribution >= 0.6 is 0 Å². The highest BCUT2D eigenvalue weighted by Gasteiger charge is 2.35. The molecule has 1 fully saturated rings. The Morgan fingerprint density at radius 2 is 2.24 bits per heavy atom. The third kappa shape index (κ3) is 3.72. The Kier molecular flexibility index (Phi) is 5.45. The highest BCUT2D eigenvalue weighted by molar-refractivity contribution is 5.89. The molecule has 2 amide bonds. The molecule has 1 aliphatic heterocycles. The van der Waals surface area contributed by atoms with Crippen LogP contribution in [0.25, 0.3) is 0 Å². The van der Waals surface area contributed by atoms with E-state index in [2.05, 4.69) is 19.2 Å². The summed E-state index contributed by atoms with van der Waals surface area (Å²) >= 11 is 0. The van der Waals surface area contributed by atoms with E-state index in [9.17, 15) is 9.59 Å². The number of nitrogens with zero attached hydrogens (tertiary/aromatic N) is 1. The Morgan fingerprint density at radius 1 is 1.53 bits per heavy atom. The number of rotatable bonds is 6. The molecular weight excluding hydrogens is 216 g/mol. The van der Waals surface area contributed by atoms with Crippen molar-refractivity contribution in [2.75, 3.05) is 13.1 Å².